The monoisotopic (exact) mass is 389 g/mol. The number of rotatable bonds is 4. The topological polar surface area (TPSA) is 57.7 Å². The molecule has 0 atom stereocenters. The maximum Gasteiger partial charge on any atom is 0.164 e. The van der Waals surface area contributed by atoms with Gasteiger partial charge in [0.25, 0.3) is 0 Å². The quantitative estimate of drug-likeness (QED) is 0.426. The number of aromatic amines is 1. The minimum Gasteiger partial charge on any atom is -0.338 e. The third-order valence-electron chi connectivity index (χ3n) is 5.18. The molecule has 5 aromatic rings. The number of aromatic nitrogens is 4. The lowest BCUT2D eigenvalue weighted by Crippen LogP contribution is -2.19. The van der Waals surface area contributed by atoms with E-state index in [0.717, 1.165) is 50.4 Å². The van der Waals surface area contributed by atoms with Crippen molar-refractivity contribution in [2.45, 2.75) is 6.92 Å². The van der Waals surface area contributed by atoms with Gasteiger partial charge in [-0.2, -0.15) is 5.10 Å². The molecule has 0 fully saturated rings. The van der Waals surface area contributed by atoms with Crippen molar-refractivity contribution < 1.29 is 0 Å². The highest BCUT2D eigenvalue weighted by atomic mass is 15.3. The van der Waals surface area contributed by atoms with Crippen LogP contribution in [0.1, 0.15) is 5.69 Å². The summed E-state index contributed by atoms with van der Waals surface area (Å²) < 4.78 is 0. The smallest absolute Gasteiger partial charge is 0.164 e. The summed E-state index contributed by atoms with van der Waals surface area (Å²) in [7, 11) is 0. The zero-order valence-corrected chi connectivity index (χ0v) is 16.5. The summed E-state index contributed by atoms with van der Waals surface area (Å²) in [6.45, 7) is 2.35. The highest BCUT2D eigenvalue weighted by molar-refractivity contribution is 5.95. The van der Waals surface area contributed by atoms with Crippen molar-refractivity contribution in [3.8, 4) is 23.7 Å². The standard InChI is InChI=1S/C25H19N5/c1-3-15-30(25-21-12-8-7-11-20(21)17(2)28-29-25)19-13-14-22-23(16-19)27-24(26-22)18-9-5-4-6-10-18/h1,4-14,16H,15H2,2H3,(H,26,27). The normalized spacial score (nSPS) is 10.9. The number of hydrogen-bond acceptors (Lipinski definition) is 4. The van der Waals surface area contributed by atoms with Gasteiger partial charge in [-0.15, -0.1) is 11.5 Å². The summed E-state index contributed by atoms with van der Waals surface area (Å²) in [4.78, 5) is 10.2. The van der Waals surface area contributed by atoms with E-state index in [1.807, 2.05) is 66.4 Å². The molecular weight excluding hydrogens is 370 g/mol. The van der Waals surface area contributed by atoms with Gasteiger partial charge in [0, 0.05) is 22.0 Å². The number of nitrogens with zero attached hydrogens (tertiary/aromatic N) is 4. The Morgan fingerprint density at radius 1 is 0.933 bits per heavy atom. The molecule has 0 unspecified atom stereocenters. The molecule has 2 aromatic heterocycles. The second-order valence-corrected chi connectivity index (χ2v) is 7.10. The van der Waals surface area contributed by atoms with Crippen molar-refractivity contribution in [3.63, 3.8) is 0 Å². The molecule has 0 aliphatic carbocycles. The van der Waals surface area contributed by atoms with E-state index in [4.69, 9.17) is 11.4 Å². The van der Waals surface area contributed by atoms with E-state index in [1.54, 1.807) is 0 Å². The van der Waals surface area contributed by atoms with E-state index in [2.05, 4.69) is 39.3 Å². The minimum atomic E-state index is 0.382. The Kier molecular flexibility index (Phi) is 4.38. The Hall–Kier alpha value is -4.17. The van der Waals surface area contributed by atoms with E-state index in [-0.39, 0.29) is 0 Å². The average molecular weight is 389 g/mol. The number of H-pyrrole nitrogens is 1. The van der Waals surface area contributed by atoms with Gasteiger partial charge in [-0.1, -0.05) is 60.5 Å². The van der Waals surface area contributed by atoms with Crippen LogP contribution in [-0.2, 0) is 0 Å². The number of aryl methyl sites for hydroxylation is 1. The number of fused-ring (bicyclic) bond motifs is 2. The fourth-order valence-corrected chi connectivity index (χ4v) is 3.70. The van der Waals surface area contributed by atoms with Crippen LogP contribution in [-0.4, -0.2) is 26.7 Å². The first kappa shape index (κ1) is 17.9. The van der Waals surface area contributed by atoms with Gasteiger partial charge in [-0.3, -0.25) is 0 Å². The lowest BCUT2D eigenvalue weighted by atomic mass is 10.1. The lowest BCUT2D eigenvalue weighted by molar-refractivity contribution is 0.956. The second kappa shape index (κ2) is 7.34. The van der Waals surface area contributed by atoms with E-state index < -0.39 is 0 Å². The largest absolute Gasteiger partial charge is 0.338 e. The SMILES string of the molecule is C#CCN(c1ccc2nc(-c3ccccc3)[nH]c2c1)c1nnc(C)c2ccccc12. The molecule has 0 spiro atoms. The van der Waals surface area contributed by atoms with Crippen LogP contribution in [0.5, 0.6) is 0 Å². The molecule has 5 heteroatoms. The van der Waals surface area contributed by atoms with Gasteiger partial charge in [0.15, 0.2) is 5.82 Å². The van der Waals surface area contributed by atoms with Crippen LogP contribution in [0.15, 0.2) is 72.8 Å². The van der Waals surface area contributed by atoms with Crippen LogP contribution < -0.4 is 4.90 Å². The molecule has 30 heavy (non-hydrogen) atoms. The predicted molar refractivity (Wildman–Crippen MR) is 122 cm³/mol. The van der Waals surface area contributed by atoms with Crippen LogP contribution in [0.25, 0.3) is 33.2 Å². The molecule has 0 saturated heterocycles. The van der Waals surface area contributed by atoms with Gasteiger partial charge in [0.1, 0.15) is 5.82 Å². The Balaban J connectivity index is 1.63. The maximum atomic E-state index is 5.71. The Morgan fingerprint density at radius 2 is 1.70 bits per heavy atom. The maximum absolute atomic E-state index is 5.71. The molecule has 2 heterocycles. The summed E-state index contributed by atoms with van der Waals surface area (Å²) in [5.74, 6) is 4.34. The Bertz CT molecular complexity index is 1400. The molecule has 3 aromatic carbocycles. The molecule has 0 amide bonds. The van der Waals surface area contributed by atoms with Gasteiger partial charge in [-0.25, -0.2) is 4.98 Å². The summed E-state index contributed by atoms with van der Waals surface area (Å²) in [6, 6.07) is 24.3. The molecule has 1 N–H and O–H groups in total. The molecule has 144 valence electrons. The molecule has 5 rings (SSSR count). The van der Waals surface area contributed by atoms with Crippen molar-refractivity contribution >= 4 is 33.3 Å². The Morgan fingerprint density at radius 3 is 2.50 bits per heavy atom. The zero-order chi connectivity index (χ0) is 20.5. The van der Waals surface area contributed by atoms with E-state index >= 15 is 0 Å². The van der Waals surface area contributed by atoms with Crippen LogP contribution >= 0.6 is 0 Å². The van der Waals surface area contributed by atoms with Crippen molar-refractivity contribution in [1.29, 1.82) is 0 Å². The summed E-state index contributed by atoms with van der Waals surface area (Å²) in [5.41, 5.74) is 4.72. The second-order valence-electron chi connectivity index (χ2n) is 7.10. The minimum absolute atomic E-state index is 0.382. The highest BCUT2D eigenvalue weighted by Crippen LogP contribution is 2.32. The summed E-state index contributed by atoms with van der Waals surface area (Å²) >= 11 is 0. The van der Waals surface area contributed by atoms with Crippen molar-refractivity contribution in [2.24, 2.45) is 0 Å². The van der Waals surface area contributed by atoms with Crippen LogP contribution in [0.4, 0.5) is 11.5 Å². The predicted octanol–water partition coefficient (Wildman–Crippen LogP) is 5.25. The number of nitrogens with one attached hydrogen (secondary N) is 1. The number of hydrogen-bond donors (Lipinski definition) is 1. The fraction of sp³-hybridized carbons (Fsp3) is 0.0800. The first-order chi connectivity index (χ1) is 14.7. The average Bonchev–Trinajstić information content (AvgIpc) is 3.22. The van der Waals surface area contributed by atoms with Crippen molar-refractivity contribution in [2.75, 3.05) is 11.4 Å². The number of anilines is 2. The first-order valence-corrected chi connectivity index (χ1v) is 9.73. The molecular formula is C25H19N5. The van der Waals surface area contributed by atoms with Gasteiger partial charge < -0.3 is 9.88 Å². The number of imidazole rings is 1. The molecule has 0 radical (unpaired) electrons. The van der Waals surface area contributed by atoms with Gasteiger partial charge in [0.2, 0.25) is 0 Å². The van der Waals surface area contributed by atoms with Gasteiger partial charge in [0.05, 0.1) is 23.3 Å². The van der Waals surface area contributed by atoms with E-state index in [0.29, 0.717) is 6.54 Å². The molecule has 0 saturated carbocycles. The van der Waals surface area contributed by atoms with Crippen molar-refractivity contribution in [3.05, 3.63) is 78.5 Å². The molecule has 0 bridgehead atoms. The summed E-state index contributed by atoms with van der Waals surface area (Å²) in [6.07, 6.45) is 5.71. The zero-order valence-electron chi connectivity index (χ0n) is 16.5. The molecule has 0 aliphatic rings. The third-order valence-corrected chi connectivity index (χ3v) is 5.18. The van der Waals surface area contributed by atoms with Crippen LogP contribution in [0.2, 0.25) is 0 Å². The summed E-state index contributed by atoms with van der Waals surface area (Å²) in [5, 5.41) is 10.9. The number of benzene rings is 3. The van der Waals surface area contributed by atoms with E-state index in [9.17, 15) is 0 Å². The Labute approximate surface area is 174 Å². The first-order valence-electron chi connectivity index (χ1n) is 9.73. The van der Waals surface area contributed by atoms with Crippen LogP contribution in [0, 0.1) is 19.3 Å². The third kappa shape index (κ3) is 3.05. The lowest BCUT2D eigenvalue weighted by Gasteiger charge is -2.22. The van der Waals surface area contributed by atoms with Gasteiger partial charge in [-0.05, 0) is 25.1 Å². The van der Waals surface area contributed by atoms with E-state index in [1.165, 1.54) is 0 Å². The molecule has 5 nitrogen and oxygen atoms in total. The highest BCUT2D eigenvalue weighted by Gasteiger charge is 2.16. The van der Waals surface area contributed by atoms with Crippen molar-refractivity contribution in [1.82, 2.24) is 20.2 Å². The van der Waals surface area contributed by atoms with Gasteiger partial charge >= 0.3 is 0 Å². The molecule has 0 aliphatic heterocycles. The fourth-order valence-electron chi connectivity index (χ4n) is 3.70. The van der Waals surface area contributed by atoms with Crippen LogP contribution in [0.3, 0.4) is 0 Å². The number of terminal acetylenes is 1.